The van der Waals surface area contributed by atoms with E-state index >= 15 is 0 Å². The minimum absolute atomic E-state index is 0.185. The van der Waals surface area contributed by atoms with E-state index in [1.807, 2.05) is 18.2 Å². The van der Waals surface area contributed by atoms with Crippen LogP contribution in [-0.2, 0) is 11.3 Å². The first-order valence-electron chi connectivity index (χ1n) is 5.25. The van der Waals surface area contributed by atoms with Gasteiger partial charge in [0.25, 0.3) is 0 Å². The smallest absolute Gasteiger partial charge is 0.102 e. The molecule has 82 valence electrons. The van der Waals surface area contributed by atoms with Crippen LogP contribution >= 0.6 is 11.8 Å². The third-order valence-corrected chi connectivity index (χ3v) is 3.88. The zero-order valence-corrected chi connectivity index (χ0v) is 9.61. The molecule has 1 aliphatic heterocycles. The second kappa shape index (κ2) is 5.01. The number of hydrogen-bond acceptors (Lipinski definition) is 3. The van der Waals surface area contributed by atoms with E-state index in [2.05, 4.69) is 19.1 Å². The van der Waals surface area contributed by atoms with Crippen LogP contribution in [-0.4, -0.2) is 21.9 Å². The van der Waals surface area contributed by atoms with Crippen molar-refractivity contribution in [2.75, 3.05) is 0 Å². The highest BCUT2D eigenvalue weighted by molar-refractivity contribution is 8.00. The third-order valence-electron chi connectivity index (χ3n) is 2.64. The zero-order valence-electron chi connectivity index (χ0n) is 8.80. The van der Waals surface area contributed by atoms with Gasteiger partial charge in [-0.05, 0) is 5.56 Å². The molecule has 0 aliphatic carbocycles. The molecule has 0 saturated carbocycles. The minimum Gasteiger partial charge on any atom is -0.382 e. The van der Waals surface area contributed by atoms with Gasteiger partial charge in [0.05, 0.1) is 12.7 Å². The number of aliphatic hydroxyl groups is 1. The van der Waals surface area contributed by atoms with E-state index in [-0.39, 0.29) is 11.5 Å². The molecule has 0 bridgehead atoms. The molecule has 2 rings (SSSR count). The van der Waals surface area contributed by atoms with Crippen LogP contribution in [0.25, 0.3) is 0 Å². The van der Waals surface area contributed by atoms with Gasteiger partial charge < -0.3 is 9.84 Å². The predicted octanol–water partition coefficient (Wildman–Crippen LogP) is 2.42. The Morgan fingerprint density at radius 2 is 2.13 bits per heavy atom. The largest absolute Gasteiger partial charge is 0.382 e. The van der Waals surface area contributed by atoms with Gasteiger partial charge in [-0.15, -0.1) is 11.8 Å². The summed E-state index contributed by atoms with van der Waals surface area (Å²) in [6, 6.07) is 10.1. The van der Waals surface area contributed by atoms with Crippen LogP contribution in [0.4, 0.5) is 0 Å². The molecule has 1 aromatic rings. The van der Waals surface area contributed by atoms with Crippen molar-refractivity contribution in [3.8, 4) is 0 Å². The molecule has 15 heavy (non-hydrogen) atoms. The summed E-state index contributed by atoms with van der Waals surface area (Å²) in [4.78, 5) is 0. The van der Waals surface area contributed by atoms with Crippen molar-refractivity contribution in [2.24, 2.45) is 0 Å². The number of hydrogen-bond donors (Lipinski definition) is 1. The third kappa shape index (κ3) is 2.97. The Labute approximate surface area is 94.6 Å². The molecule has 0 aromatic heterocycles. The topological polar surface area (TPSA) is 29.5 Å². The maximum absolute atomic E-state index is 9.45. The van der Waals surface area contributed by atoms with Gasteiger partial charge in [-0.25, -0.2) is 0 Å². The Kier molecular flexibility index (Phi) is 3.67. The van der Waals surface area contributed by atoms with Gasteiger partial charge in [0.2, 0.25) is 0 Å². The molecule has 1 heterocycles. The summed E-state index contributed by atoms with van der Waals surface area (Å²) in [5, 5.41) is 9.84. The monoisotopic (exact) mass is 224 g/mol. The molecular formula is C12H16O2S. The second-order valence-electron chi connectivity index (χ2n) is 3.87. The highest BCUT2D eigenvalue weighted by Crippen LogP contribution is 2.34. The van der Waals surface area contributed by atoms with Crippen LogP contribution in [0.2, 0.25) is 0 Å². The first kappa shape index (κ1) is 11.0. The van der Waals surface area contributed by atoms with Crippen molar-refractivity contribution in [1.82, 2.24) is 0 Å². The van der Waals surface area contributed by atoms with Gasteiger partial charge in [0.1, 0.15) is 5.44 Å². The van der Waals surface area contributed by atoms with Crippen molar-refractivity contribution in [1.29, 1.82) is 0 Å². The second-order valence-corrected chi connectivity index (χ2v) is 5.43. The van der Waals surface area contributed by atoms with Crippen molar-refractivity contribution >= 4 is 11.8 Å². The lowest BCUT2D eigenvalue weighted by Gasteiger charge is -2.15. The van der Waals surface area contributed by atoms with E-state index in [4.69, 9.17) is 4.74 Å². The van der Waals surface area contributed by atoms with Crippen molar-refractivity contribution < 1.29 is 9.84 Å². The molecule has 3 atom stereocenters. The Morgan fingerprint density at radius 3 is 2.73 bits per heavy atom. The van der Waals surface area contributed by atoms with Crippen molar-refractivity contribution in [2.45, 2.75) is 36.7 Å². The summed E-state index contributed by atoms with van der Waals surface area (Å²) < 4.78 is 5.79. The van der Waals surface area contributed by atoms with E-state index in [0.717, 1.165) is 6.42 Å². The summed E-state index contributed by atoms with van der Waals surface area (Å²) in [6.07, 6.45) is 0.934. The van der Waals surface area contributed by atoms with Crippen LogP contribution in [0.3, 0.4) is 0 Å². The molecule has 3 heteroatoms. The standard InChI is InChI=1S/C12H16O2S/c1-9-11(7-12(13)15-9)14-8-10-5-3-2-4-6-10/h2-6,9,11-13H,7-8H2,1H3/t9-,11-,12+/m1/s1. The van der Waals surface area contributed by atoms with Gasteiger partial charge in [0, 0.05) is 11.7 Å². The average Bonchev–Trinajstić information content (AvgIpc) is 2.56. The first-order chi connectivity index (χ1) is 7.25. The van der Waals surface area contributed by atoms with Gasteiger partial charge in [-0.2, -0.15) is 0 Å². The Bertz CT molecular complexity index is 302. The Balaban J connectivity index is 1.84. The van der Waals surface area contributed by atoms with Crippen LogP contribution in [0.15, 0.2) is 30.3 Å². The van der Waals surface area contributed by atoms with E-state index in [0.29, 0.717) is 11.9 Å². The quantitative estimate of drug-likeness (QED) is 0.855. The normalized spacial score (nSPS) is 30.7. The molecule has 1 aliphatic rings. The molecule has 0 amide bonds. The highest BCUT2D eigenvalue weighted by Gasteiger charge is 2.31. The SMILES string of the molecule is C[C@H]1S[C@H](O)C[C@H]1OCc1ccccc1. The minimum atomic E-state index is -0.249. The molecular weight excluding hydrogens is 208 g/mol. The van der Waals surface area contributed by atoms with E-state index in [9.17, 15) is 5.11 Å². The fourth-order valence-corrected chi connectivity index (χ4v) is 2.92. The number of aliphatic hydroxyl groups excluding tert-OH is 1. The van der Waals surface area contributed by atoms with Gasteiger partial charge >= 0.3 is 0 Å². The lowest BCUT2D eigenvalue weighted by Crippen LogP contribution is -2.18. The molecule has 1 saturated heterocycles. The number of thioether (sulfide) groups is 1. The molecule has 0 spiro atoms. The molecule has 0 unspecified atom stereocenters. The summed E-state index contributed by atoms with van der Waals surface area (Å²) in [7, 11) is 0. The predicted molar refractivity (Wildman–Crippen MR) is 62.7 cm³/mol. The van der Waals surface area contributed by atoms with Crippen LogP contribution < -0.4 is 0 Å². The van der Waals surface area contributed by atoms with Gasteiger partial charge in [-0.3, -0.25) is 0 Å². The average molecular weight is 224 g/mol. The maximum atomic E-state index is 9.45. The van der Waals surface area contributed by atoms with Crippen molar-refractivity contribution in [3.05, 3.63) is 35.9 Å². The first-order valence-corrected chi connectivity index (χ1v) is 6.19. The molecule has 0 radical (unpaired) electrons. The van der Waals surface area contributed by atoms with Crippen molar-refractivity contribution in [3.63, 3.8) is 0 Å². The Morgan fingerprint density at radius 1 is 1.40 bits per heavy atom. The summed E-state index contributed by atoms with van der Waals surface area (Å²) in [5.41, 5.74) is 0.942. The zero-order chi connectivity index (χ0) is 10.7. The molecule has 1 aromatic carbocycles. The molecule has 2 nitrogen and oxygen atoms in total. The lowest BCUT2D eigenvalue weighted by atomic mass is 10.2. The molecule has 1 fully saturated rings. The van der Waals surface area contributed by atoms with Gasteiger partial charge in [0.15, 0.2) is 0 Å². The van der Waals surface area contributed by atoms with Crippen LogP contribution in [0.1, 0.15) is 18.9 Å². The van der Waals surface area contributed by atoms with E-state index < -0.39 is 0 Å². The highest BCUT2D eigenvalue weighted by atomic mass is 32.2. The van der Waals surface area contributed by atoms with E-state index in [1.54, 1.807) is 11.8 Å². The van der Waals surface area contributed by atoms with E-state index in [1.165, 1.54) is 5.56 Å². The number of rotatable bonds is 3. The maximum Gasteiger partial charge on any atom is 0.102 e. The summed E-state index contributed by atoms with van der Waals surface area (Å²) in [5.74, 6) is 0. The van der Waals surface area contributed by atoms with Crippen LogP contribution in [0.5, 0.6) is 0 Å². The van der Waals surface area contributed by atoms with Crippen LogP contribution in [0, 0.1) is 0 Å². The Hall–Kier alpha value is -0.510. The molecule has 1 N–H and O–H groups in total. The number of benzene rings is 1. The number of ether oxygens (including phenoxy) is 1. The fourth-order valence-electron chi connectivity index (χ4n) is 1.76. The van der Waals surface area contributed by atoms with Gasteiger partial charge in [-0.1, -0.05) is 37.3 Å². The summed E-state index contributed by atoms with van der Waals surface area (Å²) >= 11 is 1.59. The summed E-state index contributed by atoms with van der Waals surface area (Å²) in [6.45, 7) is 2.75. The lowest BCUT2D eigenvalue weighted by molar-refractivity contribution is 0.0300. The fraction of sp³-hybridized carbons (Fsp3) is 0.500.